The smallest absolute Gasteiger partial charge is 0.407 e. The van der Waals surface area contributed by atoms with E-state index in [-0.39, 0.29) is 24.3 Å². The fourth-order valence-corrected chi connectivity index (χ4v) is 5.66. The monoisotopic (exact) mass is 583 g/mol. The quantitative estimate of drug-likeness (QED) is 0.109. The first-order valence-electron chi connectivity index (χ1n) is 17.1. The number of nitrogens with one attached hydrogen (secondary N) is 2. The summed E-state index contributed by atoms with van der Waals surface area (Å²) < 4.78 is 11.0. The fourth-order valence-electron chi connectivity index (χ4n) is 5.66. The summed E-state index contributed by atoms with van der Waals surface area (Å²) in [6.07, 6.45) is 24.4. The molecule has 242 valence electrons. The summed E-state index contributed by atoms with van der Waals surface area (Å²) in [5, 5.41) is 5.93. The van der Waals surface area contributed by atoms with Crippen molar-refractivity contribution in [2.45, 2.75) is 147 Å². The van der Waals surface area contributed by atoms with Crippen LogP contribution in [0, 0.1) is 0 Å². The van der Waals surface area contributed by atoms with E-state index in [2.05, 4.69) is 22.5 Å². The predicted octanol–water partition coefficient (Wildman–Crippen LogP) is 7.50. The van der Waals surface area contributed by atoms with E-state index in [1.807, 2.05) is 19.0 Å². The third kappa shape index (κ3) is 20.9. The molecule has 1 fully saturated rings. The lowest BCUT2D eigenvalue weighted by Gasteiger charge is -2.39. The van der Waals surface area contributed by atoms with Crippen molar-refractivity contribution in [3.63, 3.8) is 0 Å². The van der Waals surface area contributed by atoms with Gasteiger partial charge in [0.1, 0.15) is 0 Å². The van der Waals surface area contributed by atoms with Gasteiger partial charge < -0.3 is 29.9 Å². The molecule has 8 heteroatoms. The zero-order valence-corrected chi connectivity index (χ0v) is 27.4. The van der Waals surface area contributed by atoms with Crippen LogP contribution in [0.25, 0.3) is 0 Å². The van der Waals surface area contributed by atoms with Crippen LogP contribution in [-0.2, 0) is 9.47 Å². The molecule has 8 nitrogen and oxygen atoms in total. The number of piperidine rings is 1. The molecule has 0 aromatic heterocycles. The second-order valence-electron chi connectivity index (χ2n) is 12.3. The van der Waals surface area contributed by atoms with Crippen molar-refractivity contribution >= 4 is 12.1 Å². The van der Waals surface area contributed by atoms with E-state index in [0.717, 1.165) is 38.8 Å². The molecule has 2 N–H and O–H groups in total. The van der Waals surface area contributed by atoms with Gasteiger partial charge in [-0.15, -0.1) is 0 Å². The summed E-state index contributed by atoms with van der Waals surface area (Å²) in [5.74, 6) is 0. The van der Waals surface area contributed by atoms with Gasteiger partial charge in [0.15, 0.2) is 0 Å². The Kier molecular flexibility index (Phi) is 23.9. The number of hydrogen-bond donors (Lipinski definition) is 2. The van der Waals surface area contributed by atoms with Gasteiger partial charge in [-0.05, 0) is 46.3 Å². The van der Waals surface area contributed by atoms with Gasteiger partial charge in [0.25, 0.3) is 0 Å². The molecule has 0 saturated carbocycles. The number of urea groups is 1. The highest BCUT2D eigenvalue weighted by Gasteiger charge is 2.31. The molecular weight excluding hydrogens is 516 g/mol. The van der Waals surface area contributed by atoms with E-state index in [0.29, 0.717) is 26.1 Å². The Morgan fingerprint density at radius 3 is 1.85 bits per heavy atom. The number of ether oxygens (including phenoxy) is 2. The maximum Gasteiger partial charge on any atom is 0.407 e. The highest BCUT2D eigenvalue weighted by atomic mass is 16.5. The molecule has 0 aromatic carbocycles. The van der Waals surface area contributed by atoms with Crippen LogP contribution in [0.1, 0.15) is 135 Å². The molecule has 1 aliphatic rings. The summed E-state index contributed by atoms with van der Waals surface area (Å²) in [5.41, 5.74) is 0. The van der Waals surface area contributed by atoms with Crippen LogP contribution in [-0.4, -0.2) is 88.1 Å². The first kappa shape index (κ1) is 37.5. The SMILES string of the molecule is CCCCCCCCCCCCCCCCCCNC(=O)N1CCC(OC)CC1CCOC(=O)NCCCN(C)C. The molecule has 3 amide bonds. The third-order valence-corrected chi connectivity index (χ3v) is 8.30. The van der Waals surface area contributed by atoms with Crippen molar-refractivity contribution in [3.05, 3.63) is 0 Å². The minimum atomic E-state index is -0.387. The van der Waals surface area contributed by atoms with Crippen LogP contribution < -0.4 is 10.6 Å². The molecule has 0 bridgehead atoms. The number of amides is 3. The van der Waals surface area contributed by atoms with E-state index >= 15 is 0 Å². The lowest BCUT2D eigenvalue weighted by Crippen LogP contribution is -2.52. The van der Waals surface area contributed by atoms with Gasteiger partial charge in [-0.25, -0.2) is 9.59 Å². The summed E-state index contributed by atoms with van der Waals surface area (Å²) in [4.78, 5) is 28.9. The van der Waals surface area contributed by atoms with Gasteiger partial charge in [0.05, 0.1) is 12.7 Å². The lowest BCUT2D eigenvalue weighted by molar-refractivity contribution is 0.0177. The normalized spacial score (nSPS) is 17.1. The molecular formula is C33H66N4O4. The Morgan fingerprint density at radius 2 is 1.32 bits per heavy atom. The summed E-state index contributed by atoms with van der Waals surface area (Å²) in [6, 6.07) is 0.0136. The fraction of sp³-hybridized carbons (Fsp3) is 0.939. The first-order chi connectivity index (χ1) is 20.0. The lowest BCUT2D eigenvalue weighted by atomic mass is 9.97. The van der Waals surface area contributed by atoms with Gasteiger partial charge in [-0.1, -0.05) is 103 Å². The van der Waals surface area contributed by atoms with E-state index in [4.69, 9.17) is 9.47 Å². The highest BCUT2D eigenvalue weighted by Crippen LogP contribution is 2.22. The Labute approximate surface area is 253 Å². The highest BCUT2D eigenvalue weighted by molar-refractivity contribution is 5.74. The second-order valence-corrected chi connectivity index (χ2v) is 12.3. The van der Waals surface area contributed by atoms with E-state index in [1.165, 1.54) is 96.3 Å². The van der Waals surface area contributed by atoms with E-state index in [9.17, 15) is 9.59 Å². The Morgan fingerprint density at radius 1 is 0.780 bits per heavy atom. The topological polar surface area (TPSA) is 83.1 Å². The summed E-state index contributed by atoms with van der Waals surface area (Å²) in [7, 11) is 5.75. The minimum absolute atomic E-state index is 0.00125. The van der Waals surface area contributed by atoms with Crippen molar-refractivity contribution in [3.8, 4) is 0 Å². The minimum Gasteiger partial charge on any atom is -0.449 e. The second kappa shape index (κ2) is 26.1. The Hall–Kier alpha value is -1.54. The molecule has 1 saturated heterocycles. The summed E-state index contributed by atoms with van der Waals surface area (Å²) in [6.45, 7) is 5.49. The van der Waals surface area contributed by atoms with Crippen LogP contribution in [0.4, 0.5) is 9.59 Å². The van der Waals surface area contributed by atoms with Crippen LogP contribution in [0.2, 0.25) is 0 Å². The number of likely N-dealkylation sites (tertiary alicyclic amines) is 1. The van der Waals surface area contributed by atoms with Crippen LogP contribution in [0.15, 0.2) is 0 Å². The van der Waals surface area contributed by atoms with Gasteiger partial charge >= 0.3 is 12.1 Å². The van der Waals surface area contributed by atoms with Gasteiger partial charge in [0.2, 0.25) is 0 Å². The zero-order valence-electron chi connectivity index (χ0n) is 27.4. The largest absolute Gasteiger partial charge is 0.449 e. The van der Waals surface area contributed by atoms with E-state index < -0.39 is 0 Å². The molecule has 0 aromatic rings. The molecule has 0 spiro atoms. The Balaban J connectivity index is 2.08. The van der Waals surface area contributed by atoms with Crippen molar-refractivity contribution in [1.29, 1.82) is 0 Å². The average Bonchev–Trinajstić information content (AvgIpc) is 2.96. The number of carbonyl (C=O) groups is 2. The van der Waals surface area contributed by atoms with E-state index in [1.54, 1.807) is 7.11 Å². The number of nitrogens with zero attached hydrogens (tertiary/aromatic N) is 2. The number of methoxy groups -OCH3 is 1. The number of carbonyl (C=O) groups excluding carboxylic acids is 2. The standard InChI is InChI=1S/C33H66N4O4/c1-5-6-7-8-9-10-11-12-13-14-15-16-17-18-19-20-24-34-32(38)37-27-22-31(40-4)29-30(37)23-28-41-33(39)35-25-21-26-36(2)3/h30-31H,5-29H2,1-4H3,(H,34,38)(H,35,39). The number of alkyl carbamates (subject to hydrolysis) is 1. The van der Waals surface area contributed by atoms with Gasteiger partial charge in [0, 0.05) is 39.2 Å². The van der Waals surface area contributed by atoms with Crippen molar-refractivity contribution in [2.24, 2.45) is 0 Å². The molecule has 1 aliphatic heterocycles. The van der Waals surface area contributed by atoms with Crippen molar-refractivity contribution < 1.29 is 19.1 Å². The van der Waals surface area contributed by atoms with Crippen LogP contribution >= 0.6 is 0 Å². The predicted molar refractivity (Wildman–Crippen MR) is 171 cm³/mol. The van der Waals surface area contributed by atoms with Crippen molar-refractivity contribution in [2.75, 3.05) is 54.0 Å². The Bertz CT molecular complexity index is 634. The van der Waals surface area contributed by atoms with Gasteiger partial charge in [-0.3, -0.25) is 0 Å². The molecule has 1 heterocycles. The number of rotatable bonds is 25. The molecule has 2 unspecified atom stereocenters. The maximum absolute atomic E-state index is 12.9. The molecule has 0 radical (unpaired) electrons. The van der Waals surface area contributed by atoms with Gasteiger partial charge in [-0.2, -0.15) is 0 Å². The zero-order chi connectivity index (χ0) is 30.0. The molecule has 41 heavy (non-hydrogen) atoms. The van der Waals surface area contributed by atoms with Crippen LogP contribution in [0.5, 0.6) is 0 Å². The summed E-state index contributed by atoms with van der Waals surface area (Å²) >= 11 is 0. The maximum atomic E-state index is 12.9. The molecule has 2 atom stereocenters. The third-order valence-electron chi connectivity index (χ3n) is 8.30. The molecule has 0 aliphatic carbocycles. The molecule has 1 rings (SSSR count). The van der Waals surface area contributed by atoms with Crippen molar-refractivity contribution in [1.82, 2.24) is 20.4 Å². The number of hydrogen-bond acceptors (Lipinski definition) is 5. The first-order valence-corrected chi connectivity index (χ1v) is 17.1. The number of unbranched alkanes of at least 4 members (excludes halogenated alkanes) is 15. The van der Waals surface area contributed by atoms with Crippen LogP contribution in [0.3, 0.4) is 0 Å². The average molecular weight is 583 g/mol.